The van der Waals surface area contributed by atoms with Gasteiger partial charge in [-0.1, -0.05) is 19.9 Å². The maximum absolute atomic E-state index is 4.32. The van der Waals surface area contributed by atoms with Gasteiger partial charge < -0.3 is 15.5 Å². The molecule has 5 nitrogen and oxygen atoms in total. The summed E-state index contributed by atoms with van der Waals surface area (Å²) in [5.74, 6) is 0.874. The van der Waals surface area contributed by atoms with E-state index in [1.807, 2.05) is 31.4 Å². The van der Waals surface area contributed by atoms with E-state index in [2.05, 4.69) is 39.4 Å². The number of pyridine rings is 1. The molecule has 0 unspecified atom stereocenters. The standard InChI is InChI=1S/C17H31N5.HI/c1-4-22(5-2)15-9-8-13-20-17(18-3)21-14-11-16-10-6-7-12-19-16;/h6-7,10,12H,4-5,8-9,11,13-15H2,1-3H3,(H2,18,20,21);1H. The number of aliphatic imine (C=N–C) groups is 1. The first-order valence-corrected chi connectivity index (χ1v) is 8.36. The number of hydrogen-bond acceptors (Lipinski definition) is 3. The van der Waals surface area contributed by atoms with Crippen molar-refractivity contribution < 1.29 is 0 Å². The van der Waals surface area contributed by atoms with Gasteiger partial charge in [0.15, 0.2) is 5.96 Å². The molecule has 0 saturated heterocycles. The average Bonchev–Trinajstić information content (AvgIpc) is 2.57. The van der Waals surface area contributed by atoms with Gasteiger partial charge in [-0.15, -0.1) is 24.0 Å². The molecule has 1 aromatic heterocycles. The molecule has 0 fully saturated rings. The van der Waals surface area contributed by atoms with Gasteiger partial charge in [-0.05, 0) is 44.6 Å². The molecule has 1 heterocycles. The number of unbranched alkanes of at least 4 members (excludes halogenated alkanes) is 1. The summed E-state index contributed by atoms with van der Waals surface area (Å²) in [7, 11) is 1.81. The van der Waals surface area contributed by atoms with Crippen LogP contribution in [0.1, 0.15) is 32.4 Å². The fourth-order valence-electron chi connectivity index (χ4n) is 2.28. The first-order valence-electron chi connectivity index (χ1n) is 8.36. The molecule has 0 atom stereocenters. The minimum Gasteiger partial charge on any atom is -0.356 e. The van der Waals surface area contributed by atoms with Crippen LogP contribution in [0, 0.1) is 0 Å². The predicted molar refractivity (Wildman–Crippen MR) is 110 cm³/mol. The Morgan fingerprint density at radius 2 is 1.87 bits per heavy atom. The molecule has 0 aliphatic rings. The minimum atomic E-state index is 0. The molecule has 0 bridgehead atoms. The zero-order valence-electron chi connectivity index (χ0n) is 14.7. The topological polar surface area (TPSA) is 52.5 Å². The summed E-state index contributed by atoms with van der Waals surface area (Å²) in [4.78, 5) is 11.0. The monoisotopic (exact) mass is 433 g/mol. The zero-order valence-corrected chi connectivity index (χ0v) is 17.0. The summed E-state index contributed by atoms with van der Waals surface area (Å²) in [6, 6.07) is 6.01. The second-order valence-corrected chi connectivity index (χ2v) is 5.23. The molecule has 1 rings (SSSR count). The van der Waals surface area contributed by atoms with Gasteiger partial charge in [0.1, 0.15) is 0 Å². The first kappa shape index (κ1) is 22.1. The van der Waals surface area contributed by atoms with Crippen LogP contribution >= 0.6 is 24.0 Å². The molecule has 1 aromatic rings. The number of guanidine groups is 1. The molecular weight excluding hydrogens is 401 g/mol. The van der Waals surface area contributed by atoms with Crippen LogP contribution in [-0.4, -0.2) is 55.6 Å². The summed E-state index contributed by atoms with van der Waals surface area (Å²) < 4.78 is 0. The smallest absolute Gasteiger partial charge is 0.190 e. The van der Waals surface area contributed by atoms with Crippen molar-refractivity contribution in [2.45, 2.75) is 33.1 Å². The van der Waals surface area contributed by atoms with E-state index in [1.165, 1.54) is 13.0 Å². The highest BCUT2D eigenvalue weighted by Gasteiger charge is 2.00. The zero-order chi connectivity index (χ0) is 16.0. The molecule has 0 radical (unpaired) electrons. The van der Waals surface area contributed by atoms with Crippen molar-refractivity contribution >= 4 is 29.9 Å². The molecule has 0 saturated carbocycles. The Labute approximate surface area is 158 Å². The van der Waals surface area contributed by atoms with Crippen LogP contribution in [0.2, 0.25) is 0 Å². The van der Waals surface area contributed by atoms with Crippen LogP contribution < -0.4 is 10.6 Å². The number of nitrogens with zero attached hydrogens (tertiary/aromatic N) is 3. The SMILES string of the molecule is CCN(CC)CCCCNC(=NC)NCCc1ccccn1.I. The average molecular weight is 433 g/mol. The third kappa shape index (κ3) is 10.5. The fourth-order valence-corrected chi connectivity index (χ4v) is 2.28. The van der Waals surface area contributed by atoms with Gasteiger partial charge in [0, 0.05) is 38.4 Å². The molecule has 0 spiro atoms. The van der Waals surface area contributed by atoms with Gasteiger partial charge >= 0.3 is 0 Å². The van der Waals surface area contributed by atoms with Crippen molar-refractivity contribution in [3.05, 3.63) is 30.1 Å². The highest BCUT2D eigenvalue weighted by atomic mass is 127. The lowest BCUT2D eigenvalue weighted by atomic mass is 10.3. The van der Waals surface area contributed by atoms with Gasteiger partial charge in [0.2, 0.25) is 0 Å². The van der Waals surface area contributed by atoms with Crippen molar-refractivity contribution in [2.75, 3.05) is 39.8 Å². The van der Waals surface area contributed by atoms with Crippen LogP contribution in [0.15, 0.2) is 29.4 Å². The second kappa shape index (κ2) is 14.7. The normalized spacial score (nSPS) is 11.2. The van der Waals surface area contributed by atoms with E-state index < -0.39 is 0 Å². The highest BCUT2D eigenvalue weighted by molar-refractivity contribution is 14.0. The molecule has 0 aliphatic heterocycles. The van der Waals surface area contributed by atoms with Crippen LogP contribution in [0.25, 0.3) is 0 Å². The van der Waals surface area contributed by atoms with Crippen LogP contribution in [-0.2, 0) is 6.42 Å². The third-order valence-corrected chi connectivity index (χ3v) is 3.71. The van der Waals surface area contributed by atoms with Crippen molar-refractivity contribution in [1.82, 2.24) is 20.5 Å². The summed E-state index contributed by atoms with van der Waals surface area (Å²) in [6.07, 6.45) is 5.12. The Hall–Kier alpha value is -0.890. The van der Waals surface area contributed by atoms with Crippen LogP contribution in [0.3, 0.4) is 0 Å². The van der Waals surface area contributed by atoms with Gasteiger partial charge in [-0.2, -0.15) is 0 Å². The Morgan fingerprint density at radius 3 is 2.48 bits per heavy atom. The minimum absolute atomic E-state index is 0. The van der Waals surface area contributed by atoms with Crippen LogP contribution in [0.4, 0.5) is 0 Å². The summed E-state index contributed by atoms with van der Waals surface area (Å²) in [5.41, 5.74) is 1.10. The summed E-state index contributed by atoms with van der Waals surface area (Å²) in [5, 5.41) is 6.69. The van der Waals surface area contributed by atoms with E-state index in [-0.39, 0.29) is 24.0 Å². The lowest BCUT2D eigenvalue weighted by Gasteiger charge is -2.18. The molecular formula is C17H32IN5. The van der Waals surface area contributed by atoms with E-state index >= 15 is 0 Å². The van der Waals surface area contributed by atoms with Crippen molar-refractivity contribution in [3.63, 3.8) is 0 Å². The Morgan fingerprint density at radius 1 is 1.13 bits per heavy atom. The Kier molecular flexibility index (Phi) is 14.1. The Bertz CT molecular complexity index is 407. The van der Waals surface area contributed by atoms with Gasteiger partial charge in [0.05, 0.1) is 0 Å². The third-order valence-electron chi connectivity index (χ3n) is 3.71. The van der Waals surface area contributed by atoms with E-state index in [4.69, 9.17) is 0 Å². The summed E-state index contributed by atoms with van der Waals surface area (Å²) in [6.45, 7) is 9.70. The van der Waals surface area contributed by atoms with Gasteiger partial charge in [-0.3, -0.25) is 9.98 Å². The van der Waals surface area contributed by atoms with Crippen molar-refractivity contribution in [3.8, 4) is 0 Å². The van der Waals surface area contributed by atoms with E-state index in [9.17, 15) is 0 Å². The molecule has 132 valence electrons. The molecule has 6 heteroatoms. The highest BCUT2D eigenvalue weighted by Crippen LogP contribution is 1.94. The Balaban J connectivity index is 0.00000484. The molecule has 0 aromatic carbocycles. The molecule has 2 N–H and O–H groups in total. The van der Waals surface area contributed by atoms with E-state index in [1.54, 1.807) is 0 Å². The van der Waals surface area contributed by atoms with Crippen molar-refractivity contribution in [1.29, 1.82) is 0 Å². The second-order valence-electron chi connectivity index (χ2n) is 5.23. The van der Waals surface area contributed by atoms with Crippen molar-refractivity contribution in [2.24, 2.45) is 4.99 Å². The number of hydrogen-bond donors (Lipinski definition) is 2. The van der Waals surface area contributed by atoms with Gasteiger partial charge in [-0.25, -0.2) is 0 Å². The maximum Gasteiger partial charge on any atom is 0.190 e. The number of aromatic nitrogens is 1. The number of nitrogens with one attached hydrogen (secondary N) is 2. The van der Waals surface area contributed by atoms with E-state index in [0.29, 0.717) is 0 Å². The first-order chi connectivity index (χ1) is 10.8. The molecule has 0 aliphatic carbocycles. The van der Waals surface area contributed by atoms with E-state index in [0.717, 1.165) is 50.7 Å². The molecule has 23 heavy (non-hydrogen) atoms. The van der Waals surface area contributed by atoms with Crippen LogP contribution in [0.5, 0.6) is 0 Å². The number of halogens is 1. The fraction of sp³-hybridized carbons (Fsp3) is 0.647. The quantitative estimate of drug-likeness (QED) is 0.258. The lowest BCUT2D eigenvalue weighted by Crippen LogP contribution is -2.39. The maximum atomic E-state index is 4.32. The van der Waals surface area contributed by atoms with Gasteiger partial charge in [0.25, 0.3) is 0 Å². The largest absolute Gasteiger partial charge is 0.356 e. The lowest BCUT2D eigenvalue weighted by molar-refractivity contribution is 0.297. The predicted octanol–water partition coefficient (Wildman–Crippen LogP) is 2.53. The number of rotatable bonds is 10. The summed E-state index contributed by atoms with van der Waals surface area (Å²) >= 11 is 0. The molecule has 0 amide bonds.